The van der Waals surface area contributed by atoms with E-state index in [0.29, 0.717) is 6.04 Å². The smallest absolute Gasteiger partial charge is 0.110 e. The van der Waals surface area contributed by atoms with Crippen LogP contribution in [0.15, 0.2) is 22.9 Å². The van der Waals surface area contributed by atoms with Gasteiger partial charge in [0, 0.05) is 22.5 Å². The Morgan fingerprint density at radius 1 is 1.44 bits per heavy atom. The number of nitrogens with zero attached hydrogens (tertiary/aromatic N) is 1. The minimum absolute atomic E-state index is 0.360. The quantitative estimate of drug-likeness (QED) is 0.882. The minimum Gasteiger partial charge on any atom is -0.308 e. The lowest BCUT2D eigenvalue weighted by molar-refractivity contribution is 0.575. The molecule has 0 aliphatic carbocycles. The van der Waals surface area contributed by atoms with Gasteiger partial charge in [0.15, 0.2) is 0 Å². The molecule has 2 heterocycles. The van der Waals surface area contributed by atoms with Crippen LogP contribution in [0.4, 0.5) is 0 Å². The molecule has 86 valence electrons. The Morgan fingerprint density at radius 2 is 2.31 bits per heavy atom. The number of nitrogens with one attached hydrogen (secondary N) is 1. The van der Waals surface area contributed by atoms with E-state index in [1.807, 2.05) is 18.3 Å². The summed E-state index contributed by atoms with van der Waals surface area (Å²) in [7, 11) is 0. The molecule has 0 saturated heterocycles. The normalized spacial score (nSPS) is 12.9. The molecule has 0 spiro atoms. The molecule has 0 fully saturated rings. The van der Waals surface area contributed by atoms with Crippen LogP contribution in [0.3, 0.4) is 0 Å². The van der Waals surface area contributed by atoms with Crippen molar-refractivity contribution in [2.24, 2.45) is 0 Å². The topological polar surface area (TPSA) is 24.9 Å². The molecule has 2 aromatic heterocycles. The lowest BCUT2D eigenvalue weighted by atomic mass is 10.3. The maximum Gasteiger partial charge on any atom is 0.110 e. The first-order valence-corrected chi connectivity index (χ1v) is 7.19. The third-order valence-electron chi connectivity index (χ3n) is 2.41. The zero-order chi connectivity index (χ0) is 11.4. The summed E-state index contributed by atoms with van der Waals surface area (Å²) < 4.78 is 0. The van der Waals surface area contributed by atoms with Crippen molar-refractivity contribution < 1.29 is 0 Å². The molecule has 2 nitrogen and oxygen atoms in total. The first-order valence-electron chi connectivity index (χ1n) is 5.43. The average Bonchev–Trinajstić information content (AvgIpc) is 2.89. The van der Waals surface area contributed by atoms with E-state index < -0.39 is 0 Å². The Bertz CT molecular complexity index is 420. The summed E-state index contributed by atoms with van der Waals surface area (Å²) in [6, 6.07) is 4.65. The molecule has 0 aliphatic rings. The summed E-state index contributed by atoms with van der Waals surface area (Å²) in [5.41, 5.74) is 1.12. The van der Waals surface area contributed by atoms with Gasteiger partial charge in [-0.1, -0.05) is 6.07 Å². The molecule has 0 bridgehead atoms. The van der Waals surface area contributed by atoms with Gasteiger partial charge in [-0.25, -0.2) is 4.98 Å². The van der Waals surface area contributed by atoms with E-state index >= 15 is 0 Å². The third kappa shape index (κ3) is 3.14. The van der Waals surface area contributed by atoms with Crippen molar-refractivity contribution >= 4 is 22.7 Å². The van der Waals surface area contributed by atoms with Crippen LogP contribution in [0.1, 0.15) is 28.5 Å². The predicted molar refractivity (Wildman–Crippen MR) is 71.3 cm³/mol. The summed E-state index contributed by atoms with van der Waals surface area (Å²) in [5, 5.41) is 8.92. The Balaban J connectivity index is 1.78. The number of thiazole rings is 1. The average molecular weight is 252 g/mol. The SMILES string of the molecule is Cc1csc(C(C)NCCc2cccs2)n1. The Morgan fingerprint density at radius 3 is 2.94 bits per heavy atom. The molecule has 1 atom stereocenters. The van der Waals surface area contributed by atoms with Gasteiger partial charge in [-0.3, -0.25) is 0 Å². The predicted octanol–water partition coefficient (Wildman–Crippen LogP) is 3.41. The first kappa shape index (κ1) is 11.8. The van der Waals surface area contributed by atoms with Crippen LogP contribution in [0.25, 0.3) is 0 Å². The molecule has 2 rings (SSSR count). The lowest BCUT2D eigenvalue weighted by Crippen LogP contribution is -2.20. The van der Waals surface area contributed by atoms with Gasteiger partial charge < -0.3 is 5.32 Å². The van der Waals surface area contributed by atoms with E-state index in [2.05, 4.69) is 40.1 Å². The standard InChI is InChI=1S/C12H16N2S2/c1-9-8-16-12(14-9)10(2)13-6-5-11-4-3-7-15-11/h3-4,7-8,10,13H,5-6H2,1-2H3. The van der Waals surface area contributed by atoms with Crippen molar-refractivity contribution in [3.63, 3.8) is 0 Å². The molecule has 0 radical (unpaired) electrons. The summed E-state index contributed by atoms with van der Waals surface area (Å²) in [4.78, 5) is 5.92. The lowest BCUT2D eigenvalue weighted by Gasteiger charge is -2.10. The molecule has 2 aromatic rings. The van der Waals surface area contributed by atoms with Crippen LogP contribution in [-0.4, -0.2) is 11.5 Å². The molecule has 4 heteroatoms. The van der Waals surface area contributed by atoms with Gasteiger partial charge in [0.05, 0.1) is 6.04 Å². The van der Waals surface area contributed by atoms with Gasteiger partial charge in [-0.05, 0) is 31.7 Å². The van der Waals surface area contributed by atoms with Crippen LogP contribution in [0, 0.1) is 6.92 Å². The van der Waals surface area contributed by atoms with Crippen molar-refractivity contribution in [2.75, 3.05) is 6.54 Å². The van der Waals surface area contributed by atoms with Crippen molar-refractivity contribution in [3.8, 4) is 0 Å². The Kier molecular flexibility index (Phi) is 4.09. The van der Waals surface area contributed by atoms with E-state index in [1.54, 1.807) is 11.3 Å². The number of aryl methyl sites for hydroxylation is 1. The molecule has 16 heavy (non-hydrogen) atoms. The molecular weight excluding hydrogens is 236 g/mol. The number of aromatic nitrogens is 1. The second kappa shape index (κ2) is 5.57. The molecule has 0 aromatic carbocycles. The molecule has 0 aliphatic heterocycles. The summed E-state index contributed by atoms with van der Waals surface area (Å²) in [6.45, 7) is 5.23. The monoisotopic (exact) mass is 252 g/mol. The van der Waals surface area contributed by atoms with Crippen LogP contribution in [0.5, 0.6) is 0 Å². The van der Waals surface area contributed by atoms with E-state index in [9.17, 15) is 0 Å². The molecule has 1 N–H and O–H groups in total. The highest BCUT2D eigenvalue weighted by Crippen LogP contribution is 2.17. The van der Waals surface area contributed by atoms with Crippen molar-refractivity contribution in [1.29, 1.82) is 0 Å². The van der Waals surface area contributed by atoms with Gasteiger partial charge in [-0.2, -0.15) is 0 Å². The largest absolute Gasteiger partial charge is 0.308 e. The Hall–Kier alpha value is -0.710. The van der Waals surface area contributed by atoms with Gasteiger partial charge >= 0.3 is 0 Å². The van der Waals surface area contributed by atoms with E-state index in [-0.39, 0.29) is 0 Å². The Labute approximate surface area is 104 Å². The number of rotatable bonds is 5. The number of hydrogen-bond donors (Lipinski definition) is 1. The zero-order valence-electron chi connectivity index (χ0n) is 9.56. The number of thiophene rings is 1. The molecule has 1 unspecified atom stereocenters. The van der Waals surface area contributed by atoms with Crippen molar-refractivity contribution in [1.82, 2.24) is 10.3 Å². The van der Waals surface area contributed by atoms with E-state index in [4.69, 9.17) is 0 Å². The van der Waals surface area contributed by atoms with Gasteiger partial charge in [0.2, 0.25) is 0 Å². The fraction of sp³-hybridized carbons (Fsp3) is 0.417. The van der Waals surface area contributed by atoms with Crippen LogP contribution < -0.4 is 5.32 Å². The second-order valence-electron chi connectivity index (χ2n) is 3.83. The van der Waals surface area contributed by atoms with E-state index in [0.717, 1.165) is 18.7 Å². The first-order chi connectivity index (χ1) is 7.75. The minimum atomic E-state index is 0.360. The number of hydrogen-bond acceptors (Lipinski definition) is 4. The van der Waals surface area contributed by atoms with Crippen LogP contribution in [-0.2, 0) is 6.42 Å². The third-order valence-corrected chi connectivity index (χ3v) is 4.49. The zero-order valence-corrected chi connectivity index (χ0v) is 11.2. The summed E-state index contributed by atoms with van der Waals surface area (Å²) in [5.74, 6) is 0. The fourth-order valence-electron chi connectivity index (χ4n) is 1.53. The molecule has 0 saturated carbocycles. The van der Waals surface area contributed by atoms with Gasteiger partial charge in [-0.15, -0.1) is 22.7 Å². The van der Waals surface area contributed by atoms with Crippen molar-refractivity contribution in [3.05, 3.63) is 38.5 Å². The maximum absolute atomic E-state index is 4.48. The second-order valence-corrected chi connectivity index (χ2v) is 5.75. The van der Waals surface area contributed by atoms with Crippen LogP contribution in [0.2, 0.25) is 0 Å². The highest BCUT2D eigenvalue weighted by atomic mass is 32.1. The molecular formula is C12H16N2S2. The highest BCUT2D eigenvalue weighted by Gasteiger charge is 2.08. The maximum atomic E-state index is 4.48. The summed E-state index contributed by atoms with van der Waals surface area (Å²) in [6.07, 6.45) is 1.10. The summed E-state index contributed by atoms with van der Waals surface area (Å²) >= 11 is 3.56. The van der Waals surface area contributed by atoms with Gasteiger partial charge in [0.1, 0.15) is 5.01 Å². The molecule has 0 amide bonds. The fourth-order valence-corrected chi connectivity index (χ4v) is 3.06. The van der Waals surface area contributed by atoms with Gasteiger partial charge in [0.25, 0.3) is 0 Å². The van der Waals surface area contributed by atoms with E-state index in [1.165, 1.54) is 9.88 Å². The van der Waals surface area contributed by atoms with Crippen LogP contribution >= 0.6 is 22.7 Å². The highest BCUT2D eigenvalue weighted by molar-refractivity contribution is 7.10. The van der Waals surface area contributed by atoms with Crippen molar-refractivity contribution in [2.45, 2.75) is 26.3 Å².